The van der Waals surface area contributed by atoms with Crippen LogP contribution in [-0.2, 0) is 13.1 Å². The average molecular weight is 447 g/mol. The van der Waals surface area contributed by atoms with Crippen molar-refractivity contribution >= 4 is 39.7 Å². The number of nitrogens with one attached hydrogen (secondary N) is 2. The molecule has 0 unspecified atom stereocenters. The number of aromatic nitrogens is 3. The minimum absolute atomic E-state index is 0. The van der Waals surface area contributed by atoms with Gasteiger partial charge in [-0.2, -0.15) is 0 Å². The van der Waals surface area contributed by atoms with Crippen LogP contribution in [0.25, 0.3) is 15.6 Å². The van der Waals surface area contributed by atoms with Crippen LogP contribution in [0.2, 0.25) is 5.02 Å². The first kappa shape index (κ1) is 22.8. The van der Waals surface area contributed by atoms with Crippen molar-refractivity contribution in [1.82, 2.24) is 15.2 Å². The zero-order chi connectivity index (χ0) is 21.6. The SMILES string of the molecule is C.[C-]#[N+]c1ccc2c(NCc3cccnc3)nnc(NCc3ccc(OC)c(Cl)c3)c2c1. The molecule has 0 saturated heterocycles. The summed E-state index contributed by atoms with van der Waals surface area (Å²) in [6.45, 7) is 8.42. The van der Waals surface area contributed by atoms with E-state index >= 15 is 0 Å². The van der Waals surface area contributed by atoms with Crippen molar-refractivity contribution in [3.8, 4) is 5.75 Å². The normalized spacial score (nSPS) is 10.2. The third kappa shape index (κ3) is 5.05. The molecule has 0 aliphatic carbocycles. The number of rotatable bonds is 7. The molecule has 0 spiro atoms. The number of fused-ring (bicyclic) bond motifs is 1. The van der Waals surface area contributed by atoms with Gasteiger partial charge in [0.15, 0.2) is 17.3 Å². The van der Waals surface area contributed by atoms with Crippen LogP contribution < -0.4 is 15.4 Å². The molecule has 4 rings (SSSR count). The monoisotopic (exact) mass is 446 g/mol. The summed E-state index contributed by atoms with van der Waals surface area (Å²) >= 11 is 6.23. The van der Waals surface area contributed by atoms with Gasteiger partial charge in [-0.1, -0.05) is 43.3 Å². The van der Waals surface area contributed by atoms with Crippen LogP contribution in [0.1, 0.15) is 18.6 Å². The standard InChI is InChI=1S/C23H19ClN6O.CH4/c1-25-17-6-7-18-19(11-17)23(27-13-15-5-8-21(31-2)20(24)10-15)30-29-22(18)28-14-16-4-3-9-26-12-16;/h3-12H,13-14H2,2H3,(H,27,30)(H,28,29);1H4. The molecule has 7 nitrogen and oxygen atoms in total. The highest BCUT2D eigenvalue weighted by molar-refractivity contribution is 6.32. The zero-order valence-electron chi connectivity index (χ0n) is 16.8. The number of hydrogen-bond donors (Lipinski definition) is 2. The van der Waals surface area contributed by atoms with Gasteiger partial charge in [0.2, 0.25) is 0 Å². The summed E-state index contributed by atoms with van der Waals surface area (Å²) in [5, 5.41) is 17.6. The molecule has 162 valence electrons. The van der Waals surface area contributed by atoms with E-state index in [4.69, 9.17) is 22.9 Å². The highest BCUT2D eigenvalue weighted by Gasteiger charge is 2.11. The largest absolute Gasteiger partial charge is 0.495 e. The fourth-order valence-corrected chi connectivity index (χ4v) is 3.45. The van der Waals surface area contributed by atoms with Crippen LogP contribution in [-0.4, -0.2) is 22.3 Å². The maximum atomic E-state index is 7.35. The number of pyridine rings is 1. The molecule has 0 aliphatic rings. The number of hydrogen-bond acceptors (Lipinski definition) is 6. The molecule has 2 aromatic heterocycles. The molecule has 0 atom stereocenters. The lowest BCUT2D eigenvalue weighted by atomic mass is 10.1. The summed E-state index contributed by atoms with van der Waals surface area (Å²) in [7, 11) is 1.58. The van der Waals surface area contributed by atoms with Gasteiger partial charge >= 0.3 is 0 Å². The van der Waals surface area contributed by atoms with Gasteiger partial charge < -0.3 is 15.4 Å². The smallest absolute Gasteiger partial charge is 0.188 e. The van der Waals surface area contributed by atoms with Crippen LogP contribution in [0, 0.1) is 6.57 Å². The fourth-order valence-electron chi connectivity index (χ4n) is 3.17. The van der Waals surface area contributed by atoms with Crippen LogP contribution in [0.4, 0.5) is 17.3 Å². The van der Waals surface area contributed by atoms with Crippen molar-refractivity contribution < 1.29 is 4.74 Å². The second kappa shape index (κ2) is 10.4. The molecule has 0 saturated carbocycles. The van der Waals surface area contributed by atoms with Crippen molar-refractivity contribution in [2.75, 3.05) is 17.7 Å². The second-order valence-electron chi connectivity index (χ2n) is 6.78. The predicted octanol–water partition coefficient (Wildman–Crippen LogP) is 6.10. The van der Waals surface area contributed by atoms with Crippen molar-refractivity contribution in [2.45, 2.75) is 20.5 Å². The first-order valence-corrected chi connectivity index (χ1v) is 9.92. The lowest BCUT2D eigenvalue weighted by Gasteiger charge is -2.13. The van der Waals surface area contributed by atoms with Crippen LogP contribution in [0.3, 0.4) is 0 Å². The molecule has 0 aliphatic heterocycles. The van der Waals surface area contributed by atoms with E-state index in [0.29, 0.717) is 41.2 Å². The van der Waals surface area contributed by atoms with Gasteiger partial charge in [-0.25, -0.2) is 4.85 Å². The lowest BCUT2D eigenvalue weighted by Crippen LogP contribution is -2.07. The molecule has 4 aromatic rings. The van der Waals surface area contributed by atoms with Crippen molar-refractivity contribution in [1.29, 1.82) is 0 Å². The van der Waals surface area contributed by atoms with Crippen LogP contribution in [0.5, 0.6) is 5.75 Å². The Hall–Kier alpha value is -3.89. The minimum Gasteiger partial charge on any atom is -0.495 e. The number of ether oxygens (including phenoxy) is 1. The van der Waals surface area contributed by atoms with Crippen molar-refractivity contribution in [2.24, 2.45) is 0 Å². The Balaban J connectivity index is 0.00000289. The zero-order valence-corrected chi connectivity index (χ0v) is 17.5. The van der Waals surface area contributed by atoms with E-state index in [-0.39, 0.29) is 7.43 Å². The number of methoxy groups -OCH3 is 1. The minimum atomic E-state index is 0. The molecule has 0 fully saturated rings. The summed E-state index contributed by atoms with van der Waals surface area (Å²) in [5.41, 5.74) is 2.55. The van der Waals surface area contributed by atoms with Crippen molar-refractivity contribution in [3.05, 3.63) is 88.5 Å². The Labute approximate surface area is 192 Å². The van der Waals surface area contributed by atoms with E-state index in [9.17, 15) is 0 Å². The summed E-state index contributed by atoms with van der Waals surface area (Å²) < 4.78 is 5.20. The van der Waals surface area contributed by atoms with Gasteiger partial charge in [0.1, 0.15) is 5.75 Å². The summed E-state index contributed by atoms with van der Waals surface area (Å²) in [5.74, 6) is 1.87. The number of anilines is 2. The second-order valence-corrected chi connectivity index (χ2v) is 7.18. The quantitative estimate of drug-likeness (QED) is 0.334. The predicted molar refractivity (Wildman–Crippen MR) is 129 cm³/mol. The lowest BCUT2D eigenvalue weighted by molar-refractivity contribution is 0.415. The van der Waals surface area contributed by atoms with E-state index < -0.39 is 0 Å². The molecule has 2 heterocycles. The Morgan fingerprint density at radius 3 is 2.38 bits per heavy atom. The summed E-state index contributed by atoms with van der Waals surface area (Å²) in [6.07, 6.45) is 3.54. The van der Waals surface area contributed by atoms with Gasteiger partial charge in [0.05, 0.1) is 18.7 Å². The van der Waals surface area contributed by atoms with Crippen LogP contribution in [0.15, 0.2) is 60.9 Å². The first-order valence-electron chi connectivity index (χ1n) is 9.55. The Morgan fingerprint density at radius 1 is 0.969 bits per heavy atom. The van der Waals surface area contributed by atoms with Crippen molar-refractivity contribution in [3.63, 3.8) is 0 Å². The molecule has 0 radical (unpaired) electrons. The molecular weight excluding hydrogens is 424 g/mol. The van der Waals surface area contributed by atoms with E-state index in [2.05, 4.69) is 30.7 Å². The third-order valence-electron chi connectivity index (χ3n) is 4.75. The highest BCUT2D eigenvalue weighted by atomic mass is 35.5. The van der Waals surface area contributed by atoms with E-state index in [1.807, 2.05) is 42.5 Å². The number of nitrogens with zero attached hydrogens (tertiary/aromatic N) is 4. The topological polar surface area (TPSA) is 76.3 Å². The van der Waals surface area contributed by atoms with Gasteiger partial charge in [-0.15, -0.1) is 10.2 Å². The summed E-state index contributed by atoms with van der Waals surface area (Å²) in [4.78, 5) is 7.68. The maximum absolute atomic E-state index is 7.35. The molecule has 2 aromatic carbocycles. The Kier molecular flexibility index (Phi) is 7.42. The van der Waals surface area contributed by atoms with Gasteiger partial charge in [0, 0.05) is 36.3 Å². The number of halogens is 1. The molecule has 32 heavy (non-hydrogen) atoms. The Morgan fingerprint density at radius 2 is 1.72 bits per heavy atom. The highest BCUT2D eigenvalue weighted by Crippen LogP contribution is 2.31. The molecule has 8 heteroatoms. The van der Waals surface area contributed by atoms with E-state index in [1.54, 1.807) is 25.6 Å². The maximum Gasteiger partial charge on any atom is 0.188 e. The molecule has 0 bridgehead atoms. The number of benzene rings is 2. The first-order chi connectivity index (χ1) is 15.2. The third-order valence-corrected chi connectivity index (χ3v) is 5.05. The summed E-state index contributed by atoms with van der Waals surface area (Å²) in [6, 6.07) is 15.0. The molecule has 0 amide bonds. The van der Waals surface area contributed by atoms with Gasteiger partial charge in [-0.3, -0.25) is 4.98 Å². The van der Waals surface area contributed by atoms with Gasteiger partial charge in [-0.05, 0) is 35.4 Å². The average Bonchev–Trinajstić information content (AvgIpc) is 2.82. The van der Waals surface area contributed by atoms with E-state index in [0.717, 1.165) is 21.9 Å². The Bertz CT molecular complexity index is 1260. The van der Waals surface area contributed by atoms with Crippen LogP contribution >= 0.6 is 11.6 Å². The van der Waals surface area contributed by atoms with Gasteiger partial charge in [0.25, 0.3) is 0 Å². The molecule has 2 N–H and O–H groups in total. The fraction of sp³-hybridized carbons (Fsp3) is 0.167. The molecular formula is C24H23ClN6O. The van der Waals surface area contributed by atoms with E-state index in [1.165, 1.54) is 0 Å².